The fourth-order valence-electron chi connectivity index (χ4n) is 2.61. The van der Waals surface area contributed by atoms with Gasteiger partial charge in [0.25, 0.3) is 5.91 Å². The van der Waals surface area contributed by atoms with Crippen LogP contribution in [0.1, 0.15) is 11.3 Å². The van der Waals surface area contributed by atoms with Crippen molar-refractivity contribution in [2.24, 2.45) is 10.8 Å². The number of hydrazone groups is 1. The summed E-state index contributed by atoms with van der Waals surface area (Å²) >= 11 is 1.60. The number of hydrogen-bond acceptors (Lipinski definition) is 5. The minimum atomic E-state index is -0.638. The van der Waals surface area contributed by atoms with Crippen LogP contribution in [0.15, 0.2) is 52.9 Å². The number of nitrogens with zero attached hydrogens (tertiary/aromatic N) is 3. The van der Waals surface area contributed by atoms with E-state index in [0.29, 0.717) is 12.3 Å². The van der Waals surface area contributed by atoms with E-state index in [0.717, 1.165) is 10.6 Å². The minimum absolute atomic E-state index is 0.187. The molecule has 3 rings (SSSR count). The summed E-state index contributed by atoms with van der Waals surface area (Å²) in [4.78, 5) is 27.1. The molecule has 7 heteroatoms. The molecule has 24 heavy (non-hydrogen) atoms. The first-order valence-corrected chi connectivity index (χ1v) is 8.43. The van der Waals surface area contributed by atoms with Gasteiger partial charge in [-0.15, -0.1) is 11.3 Å². The normalized spacial score (nSPS) is 16.8. The Morgan fingerprint density at radius 1 is 1.29 bits per heavy atom. The van der Waals surface area contributed by atoms with Gasteiger partial charge in [0.05, 0.1) is 12.2 Å². The molecule has 2 aromatic rings. The first-order chi connectivity index (χ1) is 11.6. The topological polar surface area (TPSA) is 79.0 Å². The molecule has 1 aromatic carbocycles. The lowest BCUT2D eigenvalue weighted by Gasteiger charge is -2.20. The van der Waals surface area contributed by atoms with E-state index in [1.807, 2.05) is 47.8 Å². The Bertz CT molecular complexity index is 758. The Kier molecular flexibility index (Phi) is 4.61. The average molecular weight is 342 g/mol. The summed E-state index contributed by atoms with van der Waals surface area (Å²) < 4.78 is 0. The summed E-state index contributed by atoms with van der Waals surface area (Å²) in [5, 5.41) is 7.88. The number of thiophene rings is 1. The average Bonchev–Trinajstić information content (AvgIpc) is 3.24. The quantitative estimate of drug-likeness (QED) is 0.900. The maximum absolute atomic E-state index is 12.6. The monoisotopic (exact) mass is 342 g/mol. The predicted molar refractivity (Wildman–Crippen MR) is 94.7 cm³/mol. The number of amides is 2. The van der Waals surface area contributed by atoms with Crippen LogP contribution in [-0.2, 0) is 16.1 Å². The van der Waals surface area contributed by atoms with E-state index in [9.17, 15) is 9.59 Å². The maximum Gasteiger partial charge on any atom is 0.270 e. The molecule has 1 aromatic heterocycles. The number of rotatable bonds is 5. The Balaban J connectivity index is 1.80. The molecule has 0 spiro atoms. The summed E-state index contributed by atoms with van der Waals surface area (Å²) in [6, 6.07) is 12.5. The lowest BCUT2D eigenvalue weighted by atomic mass is 10.1. The van der Waals surface area contributed by atoms with Gasteiger partial charge in [0.15, 0.2) is 0 Å². The van der Waals surface area contributed by atoms with E-state index in [1.165, 1.54) is 5.01 Å². The number of carbonyl (C=O) groups excluding carboxylic acids is 2. The molecule has 0 fully saturated rings. The number of nitrogens with two attached hydrogens (primary N) is 1. The molecule has 1 aliphatic heterocycles. The van der Waals surface area contributed by atoms with Crippen LogP contribution in [0.4, 0.5) is 5.69 Å². The van der Waals surface area contributed by atoms with Crippen molar-refractivity contribution in [3.63, 3.8) is 0 Å². The third-order valence-corrected chi connectivity index (χ3v) is 4.69. The smallest absolute Gasteiger partial charge is 0.270 e. The molecule has 2 amide bonds. The first-order valence-electron chi connectivity index (χ1n) is 7.55. The summed E-state index contributed by atoms with van der Waals surface area (Å²) in [6.45, 7) is 0.516. The third kappa shape index (κ3) is 3.30. The molecule has 0 aliphatic carbocycles. The van der Waals surface area contributed by atoms with E-state index in [1.54, 1.807) is 23.3 Å². The summed E-state index contributed by atoms with van der Waals surface area (Å²) in [7, 11) is 1.73. The number of para-hydroxylation sites is 1. The van der Waals surface area contributed by atoms with Crippen LogP contribution < -0.4 is 10.7 Å². The zero-order chi connectivity index (χ0) is 17.1. The molecule has 2 N–H and O–H groups in total. The number of primary amides is 1. The van der Waals surface area contributed by atoms with E-state index in [2.05, 4.69) is 5.10 Å². The van der Waals surface area contributed by atoms with Crippen LogP contribution >= 0.6 is 11.3 Å². The van der Waals surface area contributed by atoms with Crippen molar-refractivity contribution in [1.29, 1.82) is 0 Å². The second-order valence-corrected chi connectivity index (χ2v) is 6.62. The van der Waals surface area contributed by atoms with Crippen molar-refractivity contribution in [3.8, 4) is 0 Å². The highest BCUT2D eigenvalue weighted by Crippen LogP contribution is 2.25. The standard InChI is InChI=1S/C17H18N4O2S/c1-20(11-13-8-5-9-24-13)17(23)14-10-15(16(18)22)21(19-14)12-6-3-2-4-7-12/h2-9,15H,10-11H2,1H3,(H2,18,22)/t15-/m0/s1. The Labute approximate surface area is 144 Å². The molecule has 0 saturated heterocycles. The molecule has 124 valence electrons. The van der Waals surface area contributed by atoms with Gasteiger partial charge in [0.1, 0.15) is 11.8 Å². The first kappa shape index (κ1) is 16.2. The Morgan fingerprint density at radius 3 is 2.67 bits per heavy atom. The highest BCUT2D eigenvalue weighted by Gasteiger charge is 2.35. The van der Waals surface area contributed by atoms with Crippen LogP contribution in [0.3, 0.4) is 0 Å². The predicted octanol–water partition coefficient (Wildman–Crippen LogP) is 1.83. The lowest BCUT2D eigenvalue weighted by Crippen LogP contribution is -2.40. The van der Waals surface area contributed by atoms with Crippen molar-refractivity contribution in [3.05, 3.63) is 52.7 Å². The van der Waals surface area contributed by atoms with Gasteiger partial charge in [-0.3, -0.25) is 14.6 Å². The van der Waals surface area contributed by atoms with Crippen LogP contribution in [-0.4, -0.2) is 35.5 Å². The van der Waals surface area contributed by atoms with Crippen LogP contribution in [0.2, 0.25) is 0 Å². The van der Waals surface area contributed by atoms with Crippen molar-refractivity contribution in [2.45, 2.75) is 19.0 Å². The largest absolute Gasteiger partial charge is 0.368 e. The van der Waals surface area contributed by atoms with Crippen molar-refractivity contribution >= 4 is 34.6 Å². The van der Waals surface area contributed by atoms with E-state index in [-0.39, 0.29) is 12.3 Å². The van der Waals surface area contributed by atoms with Gasteiger partial charge in [-0.25, -0.2) is 0 Å². The lowest BCUT2D eigenvalue weighted by molar-refractivity contribution is -0.123. The molecule has 2 heterocycles. The summed E-state index contributed by atoms with van der Waals surface area (Å²) in [5.74, 6) is -0.681. The molecule has 0 bridgehead atoms. The molecule has 1 aliphatic rings. The van der Waals surface area contributed by atoms with Gasteiger partial charge in [0.2, 0.25) is 5.91 Å². The molecule has 0 saturated carbocycles. The van der Waals surface area contributed by atoms with E-state index in [4.69, 9.17) is 5.73 Å². The van der Waals surface area contributed by atoms with Crippen LogP contribution in [0.25, 0.3) is 0 Å². The Hall–Kier alpha value is -2.67. The van der Waals surface area contributed by atoms with Crippen molar-refractivity contribution in [1.82, 2.24) is 4.90 Å². The molecule has 0 radical (unpaired) electrons. The number of benzene rings is 1. The van der Waals surface area contributed by atoms with E-state index >= 15 is 0 Å². The second kappa shape index (κ2) is 6.84. The van der Waals surface area contributed by atoms with Gasteiger partial charge in [-0.2, -0.15) is 5.10 Å². The molecule has 1 atom stereocenters. The summed E-state index contributed by atoms with van der Waals surface area (Å²) in [5.41, 5.74) is 6.59. The van der Waals surface area contributed by atoms with Crippen molar-refractivity contribution < 1.29 is 9.59 Å². The SMILES string of the molecule is CN(Cc1cccs1)C(=O)C1=NN(c2ccccc2)[C@H](C(N)=O)C1. The van der Waals surface area contributed by atoms with Crippen molar-refractivity contribution in [2.75, 3.05) is 12.1 Å². The molecule has 6 nitrogen and oxygen atoms in total. The fourth-order valence-corrected chi connectivity index (χ4v) is 3.37. The number of hydrogen-bond donors (Lipinski definition) is 1. The van der Waals surface area contributed by atoms with E-state index < -0.39 is 11.9 Å². The van der Waals surface area contributed by atoms with Gasteiger partial charge in [-0.1, -0.05) is 24.3 Å². The zero-order valence-electron chi connectivity index (χ0n) is 13.3. The second-order valence-electron chi connectivity index (χ2n) is 5.59. The molecular formula is C17H18N4O2S. The highest BCUT2D eigenvalue weighted by molar-refractivity contribution is 7.09. The highest BCUT2D eigenvalue weighted by atomic mass is 32.1. The fraction of sp³-hybridized carbons (Fsp3) is 0.235. The third-order valence-electron chi connectivity index (χ3n) is 3.83. The number of anilines is 1. The molecular weight excluding hydrogens is 324 g/mol. The Morgan fingerprint density at radius 2 is 2.04 bits per heavy atom. The minimum Gasteiger partial charge on any atom is -0.368 e. The van der Waals surface area contributed by atoms with Crippen LogP contribution in [0.5, 0.6) is 0 Å². The van der Waals surface area contributed by atoms with Gasteiger partial charge >= 0.3 is 0 Å². The maximum atomic E-state index is 12.6. The van der Waals surface area contributed by atoms with Gasteiger partial charge < -0.3 is 10.6 Å². The number of carbonyl (C=O) groups is 2. The van der Waals surface area contributed by atoms with Crippen LogP contribution in [0, 0.1) is 0 Å². The zero-order valence-corrected chi connectivity index (χ0v) is 14.1. The van der Waals surface area contributed by atoms with Gasteiger partial charge in [0, 0.05) is 18.3 Å². The van der Waals surface area contributed by atoms with Gasteiger partial charge in [-0.05, 0) is 23.6 Å². The summed E-state index contributed by atoms with van der Waals surface area (Å²) in [6.07, 6.45) is 0.220. The molecule has 0 unspecified atom stereocenters.